The highest BCUT2D eigenvalue weighted by atomic mass is 79.9. The molecule has 0 unspecified atom stereocenters. The Kier molecular flexibility index (Phi) is 4.45. The molecule has 0 saturated carbocycles. The average molecular weight is 342 g/mol. The number of carboxylic acids is 1. The summed E-state index contributed by atoms with van der Waals surface area (Å²) in [6.07, 6.45) is 0. The van der Waals surface area contributed by atoms with Crippen LogP contribution in [0.4, 0.5) is 0 Å². The van der Waals surface area contributed by atoms with E-state index < -0.39 is 5.97 Å². The van der Waals surface area contributed by atoms with Crippen molar-refractivity contribution in [1.29, 1.82) is 0 Å². The minimum atomic E-state index is -1.07. The van der Waals surface area contributed by atoms with Gasteiger partial charge >= 0.3 is 5.97 Å². The van der Waals surface area contributed by atoms with Gasteiger partial charge in [0.1, 0.15) is 12.4 Å². The topological polar surface area (TPSA) is 46.5 Å². The van der Waals surface area contributed by atoms with Crippen molar-refractivity contribution in [3.05, 3.63) is 63.1 Å². The molecule has 2 aromatic carbocycles. The fraction of sp³-hybridized carbons (Fsp3) is 0.0714. The van der Waals surface area contributed by atoms with Crippen molar-refractivity contribution in [2.75, 3.05) is 0 Å². The van der Waals surface area contributed by atoms with E-state index in [2.05, 4.69) is 15.9 Å². The molecular weight excluding hydrogens is 332 g/mol. The van der Waals surface area contributed by atoms with Gasteiger partial charge in [-0.2, -0.15) is 0 Å². The van der Waals surface area contributed by atoms with Gasteiger partial charge in [0, 0.05) is 4.47 Å². The molecule has 5 heteroatoms. The van der Waals surface area contributed by atoms with Gasteiger partial charge < -0.3 is 9.84 Å². The summed E-state index contributed by atoms with van der Waals surface area (Å²) in [7, 11) is 0. The average Bonchev–Trinajstić information content (AvgIpc) is 2.39. The molecule has 2 aromatic rings. The third-order valence-electron chi connectivity index (χ3n) is 2.49. The van der Waals surface area contributed by atoms with Crippen molar-refractivity contribution in [1.82, 2.24) is 0 Å². The maximum Gasteiger partial charge on any atom is 0.337 e. The van der Waals surface area contributed by atoms with Crippen molar-refractivity contribution in [3.63, 3.8) is 0 Å². The maximum absolute atomic E-state index is 10.9. The van der Waals surface area contributed by atoms with E-state index in [0.717, 1.165) is 10.0 Å². The van der Waals surface area contributed by atoms with Gasteiger partial charge in [-0.05, 0) is 35.9 Å². The Labute approximate surface area is 123 Å². The van der Waals surface area contributed by atoms with Crippen molar-refractivity contribution < 1.29 is 14.6 Å². The Morgan fingerprint density at radius 2 is 1.89 bits per heavy atom. The third kappa shape index (κ3) is 3.72. The zero-order valence-electron chi connectivity index (χ0n) is 9.77. The summed E-state index contributed by atoms with van der Waals surface area (Å²) in [6, 6.07) is 12.3. The van der Waals surface area contributed by atoms with Crippen LogP contribution in [0.15, 0.2) is 46.9 Å². The number of rotatable bonds is 4. The van der Waals surface area contributed by atoms with E-state index in [-0.39, 0.29) is 10.6 Å². The monoisotopic (exact) mass is 340 g/mol. The van der Waals surface area contributed by atoms with Crippen molar-refractivity contribution in [2.45, 2.75) is 6.61 Å². The molecule has 3 nitrogen and oxygen atoms in total. The number of halogens is 2. The molecule has 0 aromatic heterocycles. The summed E-state index contributed by atoms with van der Waals surface area (Å²) >= 11 is 9.14. The van der Waals surface area contributed by atoms with Crippen LogP contribution in [0.3, 0.4) is 0 Å². The molecule has 0 aliphatic carbocycles. The lowest BCUT2D eigenvalue weighted by atomic mass is 10.2. The predicted molar refractivity (Wildman–Crippen MR) is 76.9 cm³/mol. The maximum atomic E-state index is 10.9. The van der Waals surface area contributed by atoms with E-state index in [9.17, 15) is 4.79 Å². The molecule has 0 heterocycles. The van der Waals surface area contributed by atoms with E-state index in [1.165, 1.54) is 12.1 Å². The lowest BCUT2D eigenvalue weighted by Gasteiger charge is -2.08. The van der Waals surface area contributed by atoms with E-state index in [0.29, 0.717) is 12.4 Å². The number of benzene rings is 2. The Morgan fingerprint density at radius 1 is 1.21 bits per heavy atom. The highest BCUT2D eigenvalue weighted by Crippen LogP contribution is 2.23. The molecule has 2 rings (SSSR count). The van der Waals surface area contributed by atoms with Gasteiger partial charge in [0.05, 0.1) is 10.6 Å². The van der Waals surface area contributed by atoms with E-state index in [1.54, 1.807) is 6.07 Å². The SMILES string of the molecule is O=C(O)c1cc(OCc2ccc(Br)cc2)ccc1Cl. The standard InChI is InChI=1S/C14H10BrClO3/c15-10-3-1-9(2-4-10)8-19-11-5-6-13(16)12(7-11)14(17)18/h1-7H,8H2,(H,17,18). The van der Waals surface area contributed by atoms with Crippen molar-refractivity contribution in [2.24, 2.45) is 0 Å². The number of ether oxygens (including phenoxy) is 1. The number of hydrogen-bond donors (Lipinski definition) is 1. The smallest absolute Gasteiger partial charge is 0.337 e. The van der Waals surface area contributed by atoms with Gasteiger partial charge in [-0.1, -0.05) is 39.7 Å². The molecule has 0 fully saturated rings. The summed E-state index contributed by atoms with van der Waals surface area (Å²) in [5.41, 5.74) is 1.03. The zero-order chi connectivity index (χ0) is 13.8. The molecule has 0 radical (unpaired) electrons. The number of carbonyl (C=O) groups is 1. The molecule has 0 bridgehead atoms. The van der Waals surface area contributed by atoms with E-state index in [1.807, 2.05) is 24.3 Å². The van der Waals surface area contributed by atoms with Crippen LogP contribution in [0.1, 0.15) is 15.9 Å². The summed E-state index contributed by atoms with van der Waals surface area (Å²) < 4.78 is 6.54. The second kappa shape index (κ2) is 6.08. The highest BCUT2D eigenvalue weighted by Gasteiger charge is 2.09. The lowest BCUT2D eigenvalue weighted by Crippen LogP contribution is -2.00. The van der Waals surface area contributed by atoms with Crippen LogP contribution in [-0.2, 0) is 6.61 Å². The first-order valence-electron chi connectivity index (χ1n) is 5.46. The van der Waals surface area contributed by atoms with Crippen LogP contribution in [0.2, 0.25) is 5.02 Å². The molecule has 0 amide bonds. The van der Waals surface area contributed by atoms with Crippen LogP contribution in [0, 0.1) is 0 Å². The Bertz CT molecular complexity index is 596. The zero-order valence-corrected chi connectivity index (χ0v) is 12.1. The quantitative estimate of drug-likeness (QED) is 0.897. The molecule has 1 N–H and O–H groups in total. The number of hydrogen-bond acceptors (Lipinski definition) is 2. The van der Waals surface area contributed by atoms with Crippen LogP contribution >= 0.6 is 27.5 Å². The van der Waals surface area contributed by atoms with Crippen LogP contribution in [-0.4, -0.2) is 11.1 Å². The van der Waals surface area contributed by atoms with Gasteiger partial charge in [-0.3, -0.25) is 0 Å². The summed E-state index contributed by atoms with van der Waals surface area (Å²) in [5.74, 6) is -0.594. The third-order valence-corrected chi connectivity index (χ3v) is 3.35. The Hall–Kier alpha value is -1.52. The molecule has 0 aliphatic rings. The second-order valence-electron chi connectivity index (χ2n) is 3.86. The van der Waals surface area contributed by atoms with Crippen LogP contribution in [0.5, 0.6) is 5.75 Å². The predicted octanol–water partition coefficient (Wildman–Crippen LogP) is 4.38. The largest absolute Gasteiger partial charge is 0.489 e. The summed E-state index contributed by atoms with van der Waals surface area (Å²) in [6.45, 7) is 0.369. The molecule has 0 aliphatic heterocycles. The first-order valence-corrected chi connectivity index (χ1v) is 6.63. The summed E-state index contributed by atoms with van der Waals surface area (Å²) in [4.78, 5) is 10.9. The fourth-order valence-corrected chi connectivity index (χ4v) is 1.97. The molecular formula is C14H10BrClO3. The second-order valence-corrected chi connectivity index (χ2v) is 5.18. The van der Waals surface area contributed by atoms with Gasteiger partial charge in [-0.15, -0.1) is 0 Å². The Morgan fingerprint density at radius 3 is 2.53 bits per heavy atom. The van der Waals surface area contributed by atoms with E-state index >= 15 is 0 Å². The summed E-state index contributed by atoms with van der Waals surface area (Å²) in [5, 5.41) is 9.16. The molecule has 0 saturated heterocycles. The Balaban J connectivity index is 2.09. The molecule has 0 atom stereocenters. The van der Waals surface area contributed by atoms with Crippen LogP contribution < -0.4 is 4.74 Å². The van der Waals surface area contributed by atoms with Gasteiger partial charge in [0.25, 0.3) is 0 Å². The van der Waals surface area contributed by atoms with Crippen molar-refractivity contribution in [3.8, 4) is 5.75 Å². The van der Waals surface area contributed by atoms with Crippen LogP contribution in [0.25, 0.3) is 0 Å². The molecule has 19 heavy (non-hydrogen) atoms. The van der Waals surface area contributed by atoms with E-state index in [4.69, 9.17) is 21.4 Å². The highest BCUT2D eigenvalue weighted by molar-refractivity contribution is 9.10. The fourth-order valence-electron chi connectivity index (χ4n) is 1.51. The van der Waals surface area contributed by atoms with Crippen molar-refractivity contribution >= 4 is 33.5 Å². The minimum Gasteiger partial charge on any atom is -0.489 e. The normalized spacial score (nSPS) is 10.2. The molecule has 98 valence electrons. The lowest BCUT2D eigenvalue weighted by molar-refractivity contribution is 0.0696. The first-order chi connectivity index (χ1) is 9.06. The molecule has 0 spiro atoms. The van der Waals surface area contributed by atoms with Gasteiger partial charge in [0.2, 0.25) is 0 Å². The first kappa shape index (κ1) is 13.9. The number of aromatic carboxylic acids is 1. The minimum absolute atomic E-state index is 0.0370. The number of carboxylic acid groups (broad SMARTS) is 1. The van der Waals surface area contributed by atoms with Gasteiger partial charge in [0.15, 0.2) is 0 Å². The van der Waals surface area contributed by atoms with Gasteiger partial charge in [-0.25, -0.2) is 4.79 Å².